The number of nitrogens with one attached hydrogen (secondary N) is 1. The third-order valence-corrected chi connectivity index (χ3v) is 5.96. The highest BCUT2D eigenvalue weighted by Crippen LogP contribution is 2.28. The van der Waals surface area contributed by atoms with Gasteiger partial charge in [-0.05, 0) is 23.3 Å². The van der Waals surface area contributed by atoms with Gasteiger partial charge in [0.15, 0.2) is 3.95 Å². The fourth-order valence-electron chi connectivity index (χ4n) is 2.41. The minimum absolute atomic E-state index is 0.0354. The zero-order chi connectivity index (χ0) is 18.0. The summed E-state index contributed by atoms with van der Waals surface area (Å²) in [6.45, 7) is 0.0448. The highest BCUT2D eigenvalue weighted by molar-refractivity contribution is 7.73. The molecule has 9 heteroatoms. The van der Waals surface area contributed by atoms with Crippen molar-refractivity contribution in [2.24, 2.45) is 0 Å². The largest absolute Gasteiger partial charge is 0.494 e. The molecule has 3 N–H and O–H groups in total. The van der Waals surface area contributed by atoms with Gasteiger partial charge in [-0.25, -0.2) is 0 Å². The fourth-order valence-corrected chi connectivity index (χ4v) is 4.55. The number of benzene rings is 1. The standard InChI is InChI=1S/C16H14N2O4S3/c19-6-5-18-14(21)12(25-16(18)23)8-10-3-1-9(2-4-10)7-11-13(20)17-15(22)24-11/h1-4,6,20-21H,5,7-8H2,(H,17,22). The van der Waals surface area contributed by atoms with Crippen LogP contribution in [-0.4, -0.2) is 26.1 Å². The smallest absolute Gasteiger partial charge is 0.307 e. The van der Waals surface area contributed by atoms with E-state index < -0.39 is 0 Å². The molecule has 3 rings (SSSR count). The molecule has 0 bridgehead atoms. The van der Waals surface area contributed by atoms with Gasteiger partial charge in [-0.3, -0.25) is 14.3 Å². The second kappa shape index (κ2) is 7.34. The van der Waals surface area contributed by atoms with E-state index in [1.165, 1.54) is 15.9 Å². The molecule has 3 aromatic rings. The van der Waals surface area contributed by atoms with Crippen molar-refractivity contribution in [3.63, 3.8) is 0 Å². The van der Waals surface area contributed by atoms with Gasteiger partial charge in [0.25, 0.3) is 0 Å². The van der Waals surface area contributed by atoms with Crippen LogP contribution in [0.4, 0.5) is 0 Å². The number of aldehydes is 1. The van der Waals surface area contributed by atoms with E-state index in [4.69, 9.17) is 12.2 Å². The van der Waals surface area contributed by atoms with Gasteiger partial charge in [-0.2, -0.15) is 0 Å². The number of carbonyl (C=O) groups excluding carboxylic acids is 1. The summed E-state index contributed by atoms with van der Waals surface area (Å²) in [4.78, 5) is 25.2. The molecule has 0 radical (unpaired) electrons. The summed E-state index contributed by atoms with van der Waals surface area (Å²) in [6.07, 6.45) is 1.68. The van der Waals surface area contributed by atoms with Crippen LogP contribution < -0.4 is 4.87 Å². The van der Waals surface area contributed by atoms with E-state index >= 15 is 0 Å². The monoisotopic (exact) mass is 394 g/mol. The average molecular weight is 394 g/mol. The van der Waals surface area contributed by atoms with Gasteiger partial charge in [-0.1, -0.05) is 35.6 Å². The predicted octanol–water partition coefficient (Wildman–Crippen LogP) is 2.82. The Balaban J connectivity index is 1.76. The minimum atomic E-state index is -0.277. The molecule has 0 saturated heterocycles. The Kier molecular flexibility index (Phi) is 5.16. The number of aromatic nitrogens is 2. The number of aromatic hydroxyl groups is 2. The molecule has 0 aliphatic rings. The molecule has 0 aliphatic carbocycles. The van der Waals surface area contributed by atoms with Crippen molar-refractivity contribution in [1.82, 2.24) is 9.55 Å². The van der Waals surface area contributed by atoms with E-state index in [-0.39, 0.29) is 23.2 Å². The molecule has 0 spiro atoms. The molecule has 0 saturated carbocycles. The Labute approximate surface area is 155 Å². The van der Waals surface area contributed by atoms with E-state index in [0.29, 0.717) is 32.8 Å². The third-order valence-electron chi connectivity index (χ3n) is 3.65. The van der Waals surface area contributed by atoms with Crippen LogP contribution in [0.5, 0.6) is 11.8 Å². The van der Waals surface area contributed by atoms with Crippen molar-refractivity contribution in [1.29, 1.82) is 0 Å². The van der Waals surface area contributed by atoms with Crippen LogP contribution in [0.15, 0.2) is 29.1 Å². The summed E-state index contributed by atoms with van der Waals surface area (Å²) in [6, 6.07) is 7.68. The molecular formula is C16H14N2O4S3. The Bertz CT molecular complexity index is 1010. The summed E-state index contributed by atoms with van der Waals surface area (Å²) in [7, 11) is 0. The van der Waals surface area contributed by atoms with Gasteiger partial charge in [0.05, 0.1) is 16.3 Å². The number of nitrogens with zero attached hydrogens (tertiary/aromatic N) is 1. The van der Waals surface area contributed by atoms with Gasteiger partial charge in [0.1, 0.15) is 6.29 Å². The van der Waals surface area contributed by atoms with Crippen LogP contribution in [0, 0.1) is 3.95 Å². The molecule has 0 unspecified atom stereocenters. The molecular weight excluding hydrogens is 380 g/mol. The van der Waals surface area contributed by atoms with Crippen LogP contribution in [0.25, 0.3) is 0 Å². The van der Waals surface area contributed by atoms with Gasteiger partial charge in [0.2, 0.25) is 11.8 Å². The number of hydrogen-bond donors (Lipinski definition) is 3. The Morgan fingerprint density at radius 3 is 2.20 bits per heavy atom. The quantitative estimate of drug-likeness (QED) is 0.441. The molecule has 2 aromatic heterocycles. The molecule has 0 fully saturated rings. The Morgan fingerprint density at radius 1 is 1.08 bits per heavy atom. The van der Waals surface area contributed by atoms with Crippen molar-refractivity contribution in [3.8, 4) is 11.8 Å². The van der Waals surface area contributed by atoms with E-state index in [1.807, 2.05) is 24.3 Å². The summed E-state index contributed by atoms with van der Waals surface area (Å²) in [5.41, 5.74) is 1.95. The maximum absolute atomic E-state index is 11.2. The average Bonchev–Trinajstić information content (AvgIpc) is 3.02. The first-order chi connectivity index (χ1) is 12.0. The Morgan fingerprint density at radius 2 is 1.68 bits per heavy atom. The zero-order valence-electron chi connectivity index (χ0n) is 12.9. The number of hydrogen-bond acceptors (Lipinski definition) is 7. The highest BCUT2D eigenvalue weighted by atomic mass is 32.1. The molecule has 0 amide bonds. The first-order valence-corrected chi connectivity index (χ1v) is 9.36. The van der Waals surface area contributed by atoms with E-state index in [9.17, 15) is 19.8 Å². The second-order valence-electron chi connectivity index (χ2n) is 5.35. The Hall–Kier alpha value is -2.23. The number of thiazole rings is 2. The number of aromatic amines is 1. The van der Waals surface area contributed by atoms with Crippen LogP contribution in [0.1, 0.15) is 20.9 Å². The second-order valence-corrected chi connectivity index (χ2v) is 8.14. The van der Waals surface area contributed by atoms with Gasteiger partial charge >= 0.3 is 4.87 Å². The van der Waals surface area contributed by atoms with Crippen molar-refractivity contribution in [2.75, 3.05) is 0 Å². The first-order valence-electron chi connectivity index (χ1n) is 7.31. The summed E-state index contributed by atoms with van der Waals surface area (Å²) in [5.74, 6) is -0.0477. The summed E-state index contributed by atoms with van der Waals surface area (Å²) in [5, 5.41) is 19.8. The topological polar surface area (TPSA) is 95.3 Å². The maximum atomic E-state index is 11.2. The van der Waals surface area contributed by atoms with E-state index in [1.54, 1.807) is 0 Å². The van der Waals surface area contributed by atoms with Crippen LogP contribution >= 0.6 is 34.9 Å². The zero-order valence-corrected chi connectivity index (χ0v) is 15.3. The van der Waals surface area contributed by atoms with Crippen molar-refractivity contribution >= 4 is 41.2 Å². The SMILES string of the molecule is O=CCn1c(O)c(Cc2ccc(Cc3sc(=O)[nH]c3O)cc2)sc1=S. The summed E-state index contributed by atoms with van der Waals surface area (Å²) < 4.78 is 1.88. The number of rotatable bonds is 6. The van der Waals surface area contributed by atoms with Crippen LogP contribution in [0.3, 0.4) is 0 Å². The van der Waals surface area contributed by atoms with Crippen molar-refractivity contribution < 1.29 is 15.0 Å². The van der Waals surface area contributed by atoms with E-state index in [0.717, 1.165) is 22.5 Å². The molecule has 130 valence electrons. The van der Waals surface area contributed by atoms with Crippen LogP contribution in [0.2, 0.25) is 0 Å². The predicted molar refractivity (Wildman–Crippen MR) is 99.5 cm³/mol. The molecule has 0 atom stereocenters. The molecule has 2 heterocycles. The summed E-state index contributed by atoms with van der Waals surface area (Å²) >= 11 is 7.44. The maximum Gasteiger partial charge on any atom is 0.307 e. The third kappa shape index (κ3) is 3.89. The first kappa shape index (κ1) is 17.6. The lowest BCUT2D eigenvalue weighted by atomic mass is 10.1. The lowest BCUT2D eigenvalue weighted by Gasteiger charge is -2.04. The number of H-pyrrole nitrogens is 1. The van der Waals surface area contributed by atoms with Gasteiger partial charge in [-0.15, -0.1) is 11.3 Å². The molecule has 1 aromatic carbocycles. The van der Waals surface area contributed by atoms with Crippen LogP contribution in [-0.2, 0) is 24.2 Å². The lowest BCUT2D eigenvalue weighted by molar-refractivity contribution is -0.108. The van der Waals surface area contributed by atoms with E-state index in [2.05, 4.69) is 4.98 Å². The minimum Gasteiger partial charge on any atom is -0.494 e. The normalized spacial score (nSPS) is 10.9. The van der Waals surface area contributed by atoms with Gasteiger partial charge in [0, 0.05) is 12.8 Å². The van der Waals surface area contributed by atoms with Gasteiger partial charge < -0.3 is 15.0 Å². The molecule has 6 nitrogen and oxygen atoms in total. The lowest BCUT2D eigenvalue weighted by Crippen LogP contribution is -1.98. The van der Waals surface area contributed by atoms with Crippen molar-refractivity contribution in [2.45, 2.75) is 19.4 Å². The number of carbonyl (C=O) groups is 1. The fraction of sp³-hybridized carbons (Fsp3) is 0.188. The highest BCUT2D eigenvalue weighted by Gasteiger charge is 2.12. The van der Waals surface area contributed by atoms with Crippen molar-refractivity contribution in [3.05, 3.63) is 58.8 Å². The molecule has 25 heavy (non-hydrogen) atoms. The molecule has 0 aliphatic heterocycles.